The third kappa shape index (κ3) is 9.77. The molecular weight excluding hydrogens is 280 g/mol. The highest BCUT2D eigenvalue weighted by molar-refractivity contribution is 7.88. The molecule has 2 N–H and O–H groups in total. The maximum atomic E-state index is 11.1. The Labute approximate surface area is 110 Å². The van der Waals surface area contributed by atoms with Crippen LogP contribution in [0.2, 0.25) is 0 Å². The molecule has 18 heavy (non-hydrogen) atoms. The Kier molecular flexibility index (Phi) is 7.95. The number of hydrogen-bond donors (Lipinski definition) is 2. The lowest BCUT2D eigenvalue weighted by Gasteiger charge is -2.16. The molecule has 7 nitrogen and oxygen atoms in total. The van der Waals surface area contributed by atoms with E-state index in [1.54, 1.807) is 0 Å². The fourth-order valence-corrected chi connectivity index (χ4v) is 2.53. The van der Waals surface area contributed by atoms with Gasteiger partial charge in [0.25, 0.3) is 0 Å². The van der Waals surface area contributed by atoms with E-state index in [0.29, 0.717) is 13.0 Å². The van der Waals surface area contributed by atoms with Gasteiger partial charge in [0.05, 0.1) is 13.4 Å². The van der Waals surface area contributed by atoms with Crippen LogP contribution in [0, 0.1) is 5.92 Å². The lowest BCUT2D eigenvalue weighted by atomic mass is 10.0. The predicted octanol–water partition coefficient (Wildman–Crippen LogP) is -0.177. The van der Waals surface area contributed by atoms with Gasteiger partial charge in [0.1, 0.15) is 0 Å². The zero-order valence-corrected chi connectivity index (χ0v) is 12.6. The maximum absolute atomic E-state index is 11.1. The second-order valence-corrected chi connectivity index (χ2v) is 7.44. The van der Waals surface area contributed by atoms with E-state index in [1.807, 2.05) is 6.92 Å². The van der Waals surface area contributed by atoms with Crippen molar-refractivity contribution in [3.05, 3.63) is 0 Å². The van der Waals surface area contributed by atoms with E-state index in [2.05, 4.69) is 13.6 Å². The average Bonchev–Trinajstić information content (AvgIpc) is 2.24. The molecule has 0 aromatic carbocycles. The molecule has 1 unspecified atom stereocenters. The van der Waals surface area contributed by atoms with Gasteiger partial charge in [-0.2, -0.15) is 13.1 Å². The van der Waals surface area contributed by atoms with Gasteiger partial charge >= 0.3 is 10.3 Å². The van der Waals surface area contributed by atoms with Crippen LogP contribution >= 0.6 is 0 Å². The van der Waals surface area contributed by atoms with Crippen LogP contribution in [0.5, 0.6) is 0 Å². The van der Waals surface area contributed by atoms with Gasteiger partial charge < -0.3 is 0 Å². The Morgan fingerprint density at radius 1 is 1.11 bits per heavy atom. The normalized spacial score (nSPS) is 14.6. The largest absolute Gasteiger partial charge is 0.335 e. The zero-order valence-electron chi connectivity index (χ0n) is 11.0. The molecule has 0 saturated heterocycles. The molecule has 9 heteroatoms. The molecule has 0 amide bonds. The lowest BCUT2D eigenvalue weighted by Crippen LogP contribution is -2.32. The summed E-state index contributed by atoms with van der Waals surface area (Å²) in [6, 6.07) is 0. The van der Waals surface area contributed by atoms with Gasteiger partial charge in [0, 0.05) is 13.1 Å². The minimum Gasteiger partial charge on any atom is -0.261 e. The van der Waals surface area contributed by atoms with Crippen LogP contribution in [-0.2, 0) is 24.5 Å². The molecule has 0 aliphatic heterocycles. The summed E-state index contributed by atoms with van der Waals surface area (Å²) in [6.45, 7) is 2.54. The van der Waals surface area contributed by atoms with Crippen LogP contribution < -0.4 is 9.44 Å². The Balaban J connectivity index is 4.15. The van der Waals surface area contributed by atoms with Gasteiger partial charge in [0.15, 0.2) is 0 Å². The van der Waals surface area contributed by atoms with Crippen LogP contribution in [0.3, 0.4) is 0 Å². The summed E-state index contributed by atoms with van der Waals surface area (Å²) in [5.41, 5.74) is 0. The van der Waals surface area contributed by atoms with E-state index in [4.69, 9.17) is 0 Å². The second kappa shape index (κ2) is 8.05. The standard InChI is InChI=1S/C9H22N2O5S2/c1-4-5-9(6-7-10-17(3,12)13)8-11-18(14,15)16-2/h9-11H,4-8H2,1-3H3. The fourth-order valence-electron chi connectivity index (χ4n) is 1.48. The summed E-state index contributed by atoms with van der Waals surface area (Å²) >= 11 is 0. The van der Waals surface area contributed by atoms with Crippen LogP contribution in [0.15, 0.2) is 0 Å². The molecule has 0 aliphatic rings. The van der Waals surface area contributed by atoms with Crippen molar-refractivity contribution in [1.29, 1.82) is 0 Å². The minimum absolute atomic E-state index is 0.0779. The number of nitrogens with one attached hydrogen (secondary N) is 2. The highest BCUT2D eigenvalue weighted by Crippen LogP contribution is 2.10. The van der Waals surface area contributed by atoms with Crippen molar-refractivity contribution >= 4 is 20.3 Å². The zero-order chi connectivity index (χ0) is 14.2. The lowest BCUT2D eigenvalue weighted by molar-refractivity contribution is 0.372. The van der Waals surface area contributed by atoms with Crippen LogP contribution in [0.25, 0.3) is 0 Å². The minimum atomic E-state index is -3.67. The van der Waals surface area contributed by atoms with Gasteiger partial charge in [0.2, 0.25) is 10.0 Å². The van der Waals surface area contributed by atoms with Gasteiger partial charge in [-0.3, -0.25) is 4.18 Å². The van der Waals surface area contributed by atoms with Crippen molar-refractivity contribution in [1.82, 2.24) is 9.44 Å². The van der Waals surface area contributed by atoms with Crippen molar-refractivity contribution < 1.29 is 21.0 Å². The van der Waals surface area contributed by atoms with Crippen molar-refractivity contribution in [2.75, 3.05) is 26.5 Å². The first kappa shape index (κ1) is 17.8. The molecule has 0 spiro atoms. The topological polar surface area (TPSA) is 102 Å². The average molecular weight is 302 g/mol. The molecule has 0 aliphatic carbocycles. The highest BCUT2D eigenvalue weighted by Gasteiger charge is 2.14. The molecule has 0 aromatic heterocycles. The highest BCUT2D eigenvalue weighted by atomic mass is 32.2. The van der Waals surface area contributed by atoms with Gasteiger partial charge in [-0.05, 0) is 18.8 Å². The summed E-state index contributed by atoms with van der Waals surface area (Å²) in [6.07, 6.45) is 3.39. The van der Waals surface area contributed by atoms with Crippen LogP contribution in [0.4, 0.5) is 0 Å². The van der Waals surface area contributed by atoms with E-state index in [1.165, 1.54) is 0 Å². The van der Waals surface area contributed by atoms with E-state index >= 15 is 0 Å². The number of hydrogen-bond acceptors (Lipinski definition) is 5. The molecular formula is C9H22N2O5S2. The van der Waals surface area contributed by atoms with Crippen LogP contribution in [0.1, 0.15) is 26.2 Å². The molecule has 0 fully saturated rings. The Hall–Kier alpha value is -0.220. The molecule has 0 bridgehead atoms. The summed E-state index contributed by atoms with van der Waals surface area (Å²) in [5.74, 6) is 0.0779. The molecule has 0 saturated carbocycles. The summed E-state index contributed by atoms with van der Waals surface area (Å²) in [7, 11) is -5.79. The molecule has 0 rings (SSSR count). The van der Waals surface area contributed by atoms with Gasteiger partial charge in [-0.15, -0.1) is 0 Å². The van der Waals surface area contributed by atoms with Gasteiger partial charge in [-0.1, -0.05) is 13.3 Å². The monoisotopic (exact) mass is 302 g/mol. The third-order valence-electron chi connectivity index (χ3n) is 2.38. The van der Waals surface area contributed by atoms with Crippen molar-refractivity contribution in [2.45, 2.75) is 26.2 Å². The first-order valence-corrected chi connectivity index (χ1v) is 9.00. The Bertz CT molecular complexity index is 418. The molecule has 0 radical (unpaired) electrons. The molecule has 0 heterocycles. The summed E-state index contributed by atoms with van der Waals surface area (Å²) in [4.78, 5) is 0. The predicted molar refractivity (Wildman–Crippen MR) is 69.8 cm³/mol. The first-order chi connectivity index (χ1) is 8.20. The smallest absolute Gasteiger partial charge is 0.261 e. The quantitative estimate of drug-likeness (QED) is 0.583. The Morgan fingerprint density at radius 3 is 2.17 bits per heavy atom. The molecule has 110 valence electrons. The van der Waals surface area contributed by atoms with E-state index in [0.717, 1.165) is 26.2 Å². The number of rotatable bonds is 10. The molecule has 1 atom stereocenters. The Morgan fingerprint density at radius 2 is 1.72 bits per heavy atom. The van der Waals surface area contributed by atoms with Gasteiger partial charge in [-0.25, -0.2) is 13.1 Å². The van der Waals surface area contributed by atoms with Crippen molar-refractivity contribution in [3.63, 3.8) is 0 Å². The fraction of sp³-hybridized carbons (Fsp3) is 1.00. The maximum Gasteiger partial charge on any atom is 0.335 e. The summed E-state index contributed by atoms with van der Waals surface area (Å²) < 4.78 is 52.9. The van der Waals surface area contributed by atoms with Crippen molar-refractivity contribution in [3.8, 4) is 0 Å². The van der Waals surface area contributed by atoms with Crippen molar-refractivity contribution in [2.24, 2.45) is 5.92 Å². The summed E-state index contributed by atoms with van der Waals surface area (Å²) in [5, 5.41) is 0. The number of sulfonamides is 1. The third-order valence-corrected chi connectivity index (χ3v) is 4.07. The van der Waals surface area contributed by atoms with E-state index < -0.39 is 20.3 Å². The molecule has 0 aromatic rings. The first-order valence-electron chi connectivity index (χ1n) is 5.70. The second-order valence-electron chi connectivity index (χ2n) is 4.08. The van der Waals surface area contributed by atoms with E-state index in [9.17, 15) is 16.8 Å². The van der Waals surface area contributed by atoms with E-state index in [-0.39, 0.29) is 12.5 Å². The van der Waals surface area contributed by atoms with Crippen LogP contribution in [-0.4, -0.2) is 43.3 Å². The SMILES string of the molecule is CCCC(CCNS(C)(=O)=O)CNS(=O)(=O)OC.